The third-order valence-electron chi connectivity index (χ3n) is 5.73. The Morgan fingerprint density at radius 2 is 2.10 bits per heavy atom. The normalized spacial score (nSPS) is 22.8. The number of hydrogen-bond acceptors (Lipinski definition) is 6. The van der Waals surface area contributed by atoms with Gasteiger partial charge in [0.2, 0.25) is 0 Å². The van der Waals surface area contributed by atoms with Gasteiger partial charge in [0.25, 0.3) is 5.69 Å². The van der Waals surface area contributed by atoms with Gasteiger partial charge in [-0.2, -0.15) is 0 Å². The summed E-state index contributed by atoms with van der Waals surface area (Å²) in [5, 5.41) is 12.4. The number of rotatable bonds is 5. The Labute approximate surface area is 178 Å². The SMILES string of the molecule is CC[C@@H]1CSC2=N[C@H](c3ccccn3)[C@@H](c3cccn3-c3cccc([N+](=O)[O-])c3)N21. The van der Waals surface area contributed by atoms with Crippen molar-refractivity contribution >= 4 is 22.6 Å². The molecule has 4 heterocycles. The molecule has 7 nitrogen and oxygen atoms in total. The molecule has 1 aromatic carbocycles. The van der Waals surface area contributed by atoms with Gasteiger partial charge in [-0.25, -0.2) is 0 Å². The summed E-state index contributed by atoms with van der Waals surface area (Å²) in [6.45, 7) is 2.21. The molecule has 0 aliphatic carbocycles. The van der Waals surface area contributed by atoms with Crippen LogP contribution in [0.15, 0.2) is 72.0 Å². The molecule has 1 saturated heterocycles. The Bertz CT molecular complexity index is 1110. The first kappa shape index (κ1) is 18.9. The molecule has 8 heteroatoms. The lowest BCUT2D eigenvalue weighted by Gasteiger charge is -2.32. The lowest BCUT2D eigenvalue weighted by molar-refractivity contribution is -0.384. The van der Waals surface area contributed by atoms with Crippen molar-refractivity contribution in [3.63, 3.8) is 0 Å². The van der Waals surface area contributed by atoms with Gasteiger partial charge in [-0.15, -0.1) is 0 Å². The van der Waals surface area contributed by atoms with Gasteiger partial charge in [-0.05, 0) is 36.8 Å². The van der Waals surface area contributed by atoms with E-state index in [1.54, 1.807) is 30.1 Å². The van der Waals surface area contributed by atoms with Crippen molar-refractivity contribution in [2.75, 3.05) is 5.75 Å². The van der Waals surface area contributed by atoms with Crippen LogP contribution < -0.4 is 0 Å². The highest BCUT2D eigenvalue weighted by Crippen LogP contribution is 2.48. The number of amidine groups is 1. The molecule has 1 fully saturated rings. The molecule has 3 aromatic rings. The van der Waals surface area contributed by atoms with E-state index >= 15 is 0 Å². The van der Waals surface area contributed by atoms with Crippen LogP contribution in [0.3, 0.4) is 0 Å². The van der Waals surface area contributed by atoms with Crippen LogP contribution in [0.4, 0.5) is 5.69 Å². The van der Waals surface area contributed by atoms with Crippen LogP contribution >= 0.6 is 11.8 Å². The summed E-state index contributed by atoms with van der Waals surface area (Å²) in [7, 11) is 0. The molecule has 2 aliphatic heterocycles. The molecule has 0 amide bonds. The van der Waals surface area contributed by atoms with Crippen molar-refractivity contribution in [1.82, 2.24) is 14.5 Å². The predicted octanol–water partition coefficient (Wildman–Crippen LogP) is 4.76. The molecule has 5 rings (SSSR count). The fourth-order valence-corrected chi connectivity index (χ4v) is 5.64. The third kappa shape index (κ3) is 3.08. The minimum atomic E-state index is -0.357. The van der Waals surface area contributed by atoms with Gasteiger partial charge in [0.05, 0.1) is 16.3 Å². The van der Waals surface area contributed by atoms with Crippen LogP contribution in [0.2, 0.25) is 0 Å². The maximum absolute atomic E-state index is 11.3. The van der Waals surface area contributed by atoms with Crippen LogP contribution in [0.5, 0.6) is 0 Å². The van der Waals surface area contributed by atoms with Gasteiger partial charge in [-0.1, -0.05) is 30.8 Å². The summed E-state index contributed by atoms with van der Waals surface area (Å²) < 4.78 is 2.04. The second kappa shape index (κ2) is 7.60. The average molecular weight is 420 g/mol. The number of thioether (sulfide) groups is 1. The molecule has 0 spiro atoms. The zero-order chi connectivity index (χ0) is 20.7. The number of aromatic nitrogens is 2. The van der Waals surface area contributed by atoms with Gasteiger partial charge in [-0.3, -0.25) is 20.1 Å². The topological polar surface area (TPSA) is 76.6 Å². The molecule has 0 unspecified atom stereocenters. The highest BCUT2D eigenvalue weighted by atomic mass is 32.2. The number of pyridine rings is 1. The largest absolute Gasteiger partial charge is 0.337 e. The molecule has 30 heavy (non-hydrogen) atoms. The number of non-ortho nitro benzene ring substituents is 1. The van der Waals surface area contributed by atoms with E-state index in [0.717, 1.165) is 34.4 Å². The van der Waals surface area contributed by atoms with E-state index in [1.807, 2.05) is 41.1 Å². The van der Waals surface area contributed by atoms with E-state index in [2.05, 4.69) is 22.9 Å². The highest BCUT2D eigenvalue weighted by Gasteiger charge is 2.46. The number of aliphatic imine (C=N–C) groups is 1. The Hall–Kier alpha value is -3.13. The zero-order valence-corrected chi connectivity index (χ0v) is 17.3. The minimum Gasteiger partial charge on any atom is -0.337 e. The molecule has 0 saturated carbocycles. The molecule has 152 valence electrons. The second-order valence-corrected chi connectivity index (χ2v) is 8.40. The van der Waals surface area contributed by atoms with E-state index in [-0.39, 0.29) is 22.7 Å². The summed E-state index contributed by atoms with van der Waals surface area (Å²) in [5.41, 5.74) is 2.86. The van der Waals surface area contributed by atoms with Crippen LogP contribution in [0.25, 0.3) is 5.69 Å². The van der Waals surface area contributed by atoms with E-state index in [0.29, 0.717) is 6.04 Å². The van der Waals surface area contributed by atoms with Crippen LogP contribution in [-0.4, -0.2) is 36.3 Å². The van der Waals surface area contributed by atoms with Crippen molar-refractivity contribution in [3.8, 4) is 5.69 Å². The van der Waals surface area contributed by atoms with Gasteiger partial charge in [0.1, 0.15) is 12.1 Å². The van der Waals surface area contributed by atoms with E-state index in [4.69, 9.17) is 4.99 Å². The smallest absolute Gasteiger partial charge is 0.271 e. The Balaban J connectivity index is 1.62. The summed E-state index contributed by atoms with van der Waals surface area (Å²) in [6.07, 6.45) is 4.81. The van der Waals surface area contributed by atoms with Crippen molar-refractivity contribution in [3.05, 3.63) is 88.5 Å². The quantitative estimate of drug-likeness (QED) is 0.440. The Morgan fingerprint density at radius 1 is 1.20 bits per heavy atom. The number of nitrogens with zero attached hydrogens (tertiary/aromatic N) is 5. The molecule has 2 aromatic heterocycles. The summed E-state index contributed by atoms with van der Waals surface area (Å²) in [6, 6.07) is 17.1. The minimum absolute atomic E-state index is 0.0101. The molecule has 2 aliphatic rings. The lowest BCUT2D eigenvalue weighted by atomic mass is 9.99. The number of benzene rings is 1. The van der Waals surface area contributed by atoms with Gasteiger partial charge in [0, 0.05) is 42.0 Å². The summed E-state index contributed by atoms with van der Waals surface area (Å²) in [5.74, 6) is 1.03. The van der Waals surface area contributed by atoms with Crippen molar-refractivity contribution < 1.29 is 4.92 Å². The van der Waals surface area contributed by atoms with Crippen LogP contribution in [0.1, 0.15) is 36.8 Å². The lowest BCUT2D eigenvalue weighted by Crippen LogP contribution is -2.36. The number of nitro benzene ring substituents is 1. The fourth-order valence-electron chi connectivity index (χ4n) is 4.30. The van der Waals surface area contributed by atoms with E-state index in [9.17, 15) is 10.1 Å². The maximum atomic E-state index is 11.3. The van der Waals surface area contributed by atoms with E-state index in [1.165, 1.54) is 6.07 Å². The first-order valence-corrected chi connectivity index (χ1v) is 11.0. The van der Waals surface area contributed by atoms with Crippen LogP contribution in [-0.2, 0) is 0 Å². The van der Waals surface area contributed by atoms with E-state index < -0.39 is 0 Å². The first-order valence-electron chi connectivity index (χ1n) is 9.99. The van der Waals surface area contributed by atoms with Crippen molar-refractivity contribution in [1.29, 1.82) is 0 Å². The third-order valence-corrected chi connectivity index (χ3v) is 6.86. The average Bonchev–Trinajstić information content (AvgIpc) is 3.49. The molecular weight excluding hydrogens is 398 g/mol. The van der Waals surface area contributed by atoms with Crippen LogP contribution in [0, 0.1) is 10.1 Å². The summed E-state index contributed by atoms with van der Waals surface area (Å²) in [4.78, 5) is 23.0. The molecule has 0 bridgehead atoms. The molecule has 3 atom stereocenters. The van der Waals surface area contributed by atoms with Gasteiger partial charge >= 0.3 is 0 Å². The van der Waals surface area contributed by atoms with Gasteiger partial charge in [0.15, 0.2) is 5.17 Å². The fraction of sp³-hybridized carbons (Fsp3) is 0.273. The first-order chi connectivity index (χ1) is 14.7. The highest BCUT2D eigenvalue weighted by molar-refractivity contribution is 8.14. The van der Waals surface area contributed by atoms with Gasteiger partial charge < -0.3 is 9.47 Å². The maximum Gasteiger partial charge on any atom is 0.271 e. The standard InChI is InChI=1S/C22H21N5O2S/c1-2-15-14-30-22-24-20(18-9-3-4-11-23-18)21(26(15)22)19-10-6-12-25(19)16-7-5-8-17(13-16)27(28)29/h3-13,15,20-21H,2,14H2,1H3/t15-,20-,21-/m1/s1. The Morgan fingerprint density at radius 3 is 2.87 bits per heavy atom. The van der Waals surface area contributed by atoms with Crippen molar-refractivity contribution in [2.24, 2.45) is 4.99 Å². The molecule has 0 N–H and O–H groups in total. The monoisotopic (exact) mass is 419 g/mol. The molecular formula is C22H21N5O2S. The zero-order valence-electron chi connectivity index (χ0n) is 16.5. The van der Waals surface area contributed by atoms with Crippen molar-refractivity contribution in [2.45, 2.75) is 31.5 Å². The second-order valence-electron chi connectivity index (χ2n) is 7.42. The number of nitro groups is 1. The number of hydrogen-bond donors (Lipinski definition) is 0. The summed E-state index contributed by atoms with van der Waals surface area (Å²) >= 11 is 1.80. The Kier molecular flexibility index (Phi) is 4.78. The molecule has 0 radical (unpaired) electrons. The predicted molar refractivity (Wildman–Crippen MR) is 118 cm³/mol. The number of fused-ring (bicyclic) bond motifs is 1.